The van der Waals surface area contributed by atoms with Crippen LogP contribution in [0.3, 0.4) is 0 Å². The summed E-state index contributed by atoms with van der Waals surface area (Å²) < 4.78 is 0.783. The van der Waals surface area contributed by atoms with Crippen LogP contribution >= 0.6 is 31.9 Å². The molecule has 1 aliphatic rings. The molecule has 80 valence electrons. The number of carbonyl (C=O) groups excluding carboxylic acids is 2. The summed E-state index contributed by atoms with van der Waals surface area (Å²) >= 11 is 6.18. The fourth-order valence-corrected chi connectivity index (χ4v) is 2.23. The third-order valence-corrected chi connectivity index (χ3v) is 2.68. The van der Waals surface area contributed by atoms with Crippen molar-refractivity contribution >= 4 is 49.3 Å². The van der Waals surface area contributed by atoms with Crippen molar-refractivity contribution in [3.05, 3.63) is 21.1 Å². The summed E-state index contributed by atoms with van der Waals surface area (Å²) in [5, 5.41) is 9.59. The van der Waals surface area contributed by atoms with E-state index in [9.17, 15) is 14.7 Å². The minimum absolute atomic E-state index is 0.0325. The third-order valence-electron chi connectivity index (χ3n) is 1.60. The van der Waals surface area contributed by atoms with Crippen LogP contribution < -0.4 is 0 Å². The van der Waals surface area contributed by atoms with Gasteiger partial charge in [-0.15, -0.1) is 0 Å². The predicted octanol–water partition coefficient (Wildman–Crippen LogP) is 1.48. The van der Waals surface area contributed by atoms with E-state index in [1.165, 1.54) is 19.1 Å². The van der Waals surface area contributed by atoms with E-state index in [4.69, 9.17) is 0 Å². The van der Waals surface area contributed by atoms with E-state index in [0.29, 0.717) is 4.48 Å². The van der Waals surface area contributed by atoms with Crippen molar-refractivity contribution in [1.29, 1.82) is 0 Å². The fraction of sp³-hybridized carbons (Fsp3) is 0.222. The van der Waals surface area contributed by atoms with Gasteiger partial charge in [-0.05, 0) is 28.1 Å². The topological polar surface area (TPSA) is 66.7 Å². The van der Waals surface area contributed by atoms with Crippen LogP contribution in [-0.4, -0.2) is 28.6 Å². The van der Waals surface area contributed by atoms with Crippen molar-refractivity contribution in [2.75, 3.05) is 0 Å². The Labute approximate surface area is 103 Å². The van der Waals surface area contributed by atoms with Gasteiger partial charge in [0, 0.05) is 11.4 Å². The van der Waals surface area contributed by atoms with E-state index in [-0.39, 0.29) is 10.2 Å². The van der Waals surface area contributed by atoms with Gasteiger partial charge >= 0.3 is 0 Å². The highest BCUT2D eigenvalue weighted by molar-refractivity contribution is 9.12. The quantitative estimate of drug-likeness (QED) is 0.728. The van der Waals surface area contributed by atoms with Crippen molar-refractivity contribution < 1.29 is 14.7 Å². The number of aliphatic hydroxyl groups excluding tert-OH is 1. The first-order valence-corrected chi connectivity index (χ1v) is 5.56. The van der Waals surface area contributed by atoms with E-state index in [1.807, 2.05) is 0 Å². The van der Waals surface area contributed by atoms with E-state index in [0.717, 1.165) is 0 Å². The molecular weight excluding hydrogens is 330 g/mol. The number of ketones is 1. The zero-order valence-electron chi connectivity index (χ0n) is 7.70. The zero-order valence-corrected chi connectivity index (χ0v) is 10.9. The highest BCUT2D eigenvalue weighted by Crippen LogP contribution is 2.21. The summed E-state index contributed by atoms with van der Waals surface area (Å²) in [6, 6.07) is 0. The van der Waals surface area contributed by atoms with Crippen molar-refractivity contribution in [1.82, 2.24) is 0 Å². The Morgan fingerprint density at radius 2 is 2.07 bits per heavy atom. The molecule has 0 fully saturated rings. The molecule has 0 saturated heterocycles. The lowest BCUT2D eigenvalue weighted by atomic mass is 10.1. The average molecular weight is 337 g/mol. The number of aliphatic hydroxyl groups is 1. The van der Waals surface area contributed by atoms with E-state index in [1.54, 1.807) is 0 Å². The largest absolute Gasteiger partial charge is 0.378 e. The molecule has 1 amide bonds. The van der Waals surface area contributed by atoms with Crippen molar-refractivity contribution in [2.24, 2.45) is 4.99 Å². The highest BCUT2D eigenvalue weighted by Gasteiger charge is 2.25. The maximum Gasteiger partial charge on any atom is 0.242 e. The Kier molecular flexibility index (Phi) is 4.12. The predicted molar refractivity (Wildman–Crippen MR) is 63.1 cm³/mol. The van der Waals surface area contributed by atoms with Gasteiger partial charge in [0.1, 0.15) is 0 Å². The smallest absolute Gasteiger partial charge is 0.242 e. The van der Waals surface area contributed by atoms with Gasteiger partial charge in [-0.2, -0.15) is 0 Å². The van der Waals surface area contributed by atoms with Crippen LogP contribution in [0.1, 0.15) is 6.92 Å². The molecule has 15 heavy (non-hydrogen) atoms. The monoisotopic (exact) mass is 335 g/mol. The molecule has 6 heteroatoms. The lowest BCUT2D eigenvalue weighted by Gasteiger charge is -2.06. The number of Topliss-reactive ketones (excluding diaryl/α,β-unsaturated/α-hetero) is 1. The molecule has 0 bridgehead atoms. The molecule has 1 atom stereocenters. The molecule has 0 heterocycles. The standard InChI is InChI=1S/C9H7Br2NO3/c1-4(13)12-7-3-5(10)2-6(11)8(14)9(7)15/h2-3,9,15H,1H3. The molecule has 0 spiro atoms. The first-order chi connectivity index (χ1) is 6.91. The lowest BCUT2D eigenvalue weighted by Crippen LogP contribution is -2.28. The van der Waals surface area contributed by atoms with Gasteiger partial charge in [0.25, 0.3) is 0 Å². The maximum atomic E-state index is 11.5. The second-order valence-corrected chi connectivity index (χ2v) is 4.61. The van der Waals surface area contributed by atoms with Crippen LogP contribution in [0.25, 0.3) is 0 Å². The normalized spacial score (nSPS) is 24.7. The third kappa shape index (κ3) is 3.19. The molecule has 1 N–H and O–H groups in total. The van der Waals surface area contributed by atoms with Gasteiger partial charge < -0.3 is 5.11 Å². The Morgan fingerprint density at radius 1 is 1.47 bits per heavy atom. The highest BCUT2D eigenvalue weighted by atomic mass is 79.9. The summed E-state index contributed by atoms with van der Waals surface area (Å²) in [6.45, 7) is 1.25. The average Bonchev–Trinajstić information content (AvgIpc) is 2.19. The minimum Gasteiger partial charge on any atom is -0.378 e. The van der Waals surface area contributed by atoms with Crippen LogP contribution in [-0.2, 0) is 9.59 Å². The van der Waals surface area contributed by atoms with Gasteiger partial charge in [-0.25, -0.2) is 4.99 Å². The second-order valence-electron chi connectivity index (χ2n) is 2.84. The Balaban J connectivity index is 3.19. The molecular formula is C9H7Br2NO3. The van der Waals surface area contributed by atoms with Gasteiger partial charge in [0.05, 0.1) is 10.2 Å². The van der Waals surface area contributed by atoms with Gasteiger partial charge in [-0.3, -0.25) is 9.59 Å². The molecule has 0 aromatic heterocycles. The molecule has 0 aliphatic heterocycles. The molecule has 0 saturated carbocycles. The summed E-state index contributed by atoms with van der Waals surface area (Å²) in [5.74, 6) is -0.993. The SMILES string of the molecule is CC(=O)N=C1C=C(Br)C=C(Br)C(=O)C1O. The molecule has 1 rings (SSSR count). The van der Waals surface area contributed by atoms with E-state index >= 15 is 0 Å². The number of halogens is 2. The summed E-state index contributed by atoms with van der Waals surface area (Å²) in [5.41, 5.74) is 0.0325. The van der Waals surface area contributed by atoms with Gasteiger partial charge in [0.15, 0.2) is 6.10 Å². The fourth-order valence-electron chi connectivity index (χ4n) is 0.994. The summed E-state index contributed by atoms with van der Waals surface area (Å²) in [4.78, 5) is 25.8. The number of amides is 1. The summed E-state index contributed by atoms with van der Waals surface area (Å²) in [6.07, 6.45) is 1.52. The number of allylic oxidation sites excluding steroid dienone is 2. The molecule has 1 unspecified atom stereocenters. The van der Waals surface area contributed by atoms with Crippen LogP contribution in [0.4, 0.5) is 0 Å². The van der Waals surface area contributed by atoms with E-state index < -0.39 is 17.8 Å². The van der Waals surface area contributed by atoms with Crippen molar-refractivity contribution in [3.63, 3.8) is 0 Å². The number of aliphatic imine (C=N–C) groups is 1. The summed E-state index contributed by atoms with van der Waals surface area (Å²) in [7, 11) is 0. The number of rotatable bonds is 0. The van der Waals surface area contributed by atoms with Crippen LogP contribution in [0.5, 0.6) is 0 Å². The van der Waals surface area contributed by atoms with E-state index in [2.05, 4.69) is 36.9 Å². The zero-order chi connectivity index (χ0) is 11.6. The number of hydrogen-bond donors (Lipinski definition) is 1. The van der Waals surface area contributed by atoms with Gasteiger partial charge in [-0.1, -0.05) is 15.9 Å². The lowest BCUT2D eigenvalue weighted by molar-refractivity contribution is -0.119. The number of nitrogens with zero attached hydrogens (tertiary/aromatic N) is 1. The first kappa shape index (κ1) is 12.5. The van der Waals surface area contributed by atoms with Crippen LogP contribution in [0, 0.1) is 0 Å². The Morgan fingerprint density at radius 3 is 2.60 bits per heavy atom. The number of carbonyl (C=O) groups is 2. The number of hydrogen-bond acceptors (Lipinski definition) is 3. The van der Waals surface area contributed by atoms with Crippen molar-refractivity contribution in [3.8, 4) is 0 Å². The molecule has 0 aromatic carbocycles. The van der Waals surface area contributed by atoms with Crippen LogP contribution in [0.15, 0.2) is 26.1 Å². The van der Waals surface area contributed by atoms with Crippen LogP contribution in [0.2, 0.25) is 0 Å². The maximum absolute atomic E-state index is 11.5. The molecule has 0 aromatic rings. The molecule has 1 aliphatic carbocycles. The van der Waals surface area contributed by atoms with Gasteiger partial charge in [0.2, 0.25) is 11.7 Å². The second kappa shape index (κ2) is 4.96. The van der Waals surface area contributed by atoms with Crippen molar-refractivity contribution in [2.45, 2.75) is 13.0 Å². The Bertz CT molecular complexity index is 410. The Hall–Kier alpha value is -0.590. The molecule has 4 nitrogen and oxygen atoms in total. The minimum atomic E-state index is -1.41. The molecule has 0 radical (unpaired) electrons. The first-order valence-electron chi connectivity index (χ1n) is 3.97.